The van der Waals surface area contributed by atoms with Crippen molar-refractivity contribution in [3.63, 3.8) is 0 Å². The SMILES string of the molecule is O=C(CNC(=O)OCc1ccccc1)NCC(=O)Nc1ccc(Br)cc1C(=O)c1ccccn1. The van der Waals surface area contributed by atoms with Gasteiger partial charge < -0.3 is 20.7 Å². The Balaban J connectivity index is 1.47. The molecule has 0 unspecified atom stereocenters. The monoisotopic (exact) mass is 524 g/mol. The standard InChI is InChI=1S/C24H21BrN4O5/c25-17-9-10-19(18(12-17)23(32)20-8-4-5-11-26-20)29-22(31)14-27-21(30)13-28-24(33)34-15-16-6-2-1-3-7-16/h1-12H,13-15H2,(H,27,30)(H,28,33)(H,29,31). The van der Waals surface area contributed by atoms with E-state index in [9.17, 15) is 19.2 Å². The molecular formula is C24H21BrN4O5. The molecule has 174 valence electrons. The molecule has 3 aromatic rings. The van der Waals surface area contributed by atoms with Crippen molar-refractivity contribution in [2.75, 3.05) is 18.4 Å². The van der Waals surface area contributed by atoms with Crippen LogP contribution in [-0.4, -0.2) is 41.8 Å². The summed E-state index contributed by atoms with van der Waals surface area (Å²) in [7, 11) is 0. The fraction of sp³-hybridized carbons (Fsp3) is 0.125. The molecule has 3 amide bonds. The fourth-order valence-electron chi connectivity index (χ4n) is 2.81. The average molecular weight is 525 g/mol. The number of amides is 3. The highest BCUT2D eigenvalue weighted by Crippen LogP contribution is 2.23. The van der Waals surface area contributed by atoms with Crippen LogP contribution in [-0.2, 0) is 20.9 Å². The van der Waals surface area contributed by atoms with Gasteiger partial charge in [-0.25, -0.2) is 4.79 Å². The molecule has 1 heterocycles. The second-order valence-electron chi connectivity index (χ2n) is 6.97. The van der Waals surface area contributed by atoms with Crippen molar-refractivity contribution < 1.29 is 23.9 Å². The van der Waals surface area contributed by atoms with Crippen molar-refractivity contribution in [3.8, 4) is 0 Å². The smallest absolute Gasteiger partial charge is 0.407 e. The molecule has 3 rings (SSSR count). The van der Waals surface area contributed by atoms with Gasteiger partial charge in [0.1, 0.15) is 18.8 Å². The molecule has 0 aliphatic carbocycles. The van der Waals surface area contributed by atoms with Crippen molar-refractivity contribution >= 4 is 45.3 Å². The van der Waals surface area contributed by atoms with E-state index in [1.54, 1.807) is 48.5 Å². The highest BCUT2D eigenvalue weighted by molar-refractivity contribution is 9.10. The second kappa shape index (κ2) is 12.3. The van der Waals surface area contributed by atoms with Crippen LogP contribution in [0.2, 0.25) is 0 Å². The van der Waals surface area contributed by atoms with E-state index in [0.717, 1.165) is 5.56 Å². The van der Waals surface area contributed by atoms with E-state index < -0.39 is 17.9 Å². The molecule has 0 atom stereocenters. The van der Waals surface area contributed by atoms with Gasteiger partial charge in [-0.3, -0.25) is 19.4 Å². The summed E-state index contributed by atoms with van der Waals surface area (Å²) in [5, 5.41) is 7.32. The van der Waals surface area contributed by atoms with E-state index in [-0.39, 0.29) is 42.4 Å². The first kappa shape index (κ1) is 24.6. The minimum Gasteiger partial charge on any atom is -0.445 e. The van der Waals surface area contributed by atoms with Crippen LogP contribution in [0, 0.1) is 0 Å². The number of pyridine rings is 1. The number of carbonyl (C=O) groups is 4. The molecule has 10 heteroatoms. The van der Waals surface area contributed by atoms with E-state index in [0.29, 0.717) is 4.47 Å². The van der Waals surface area contributed by atoms with Crippen LogP contribution in [0.25, 0.3) is 0 Å². The van der Waals surface area contributed by atoms with Crippen molar-refractivity contribution in [2.24, 2.45) is 0 Å². The Bertz CT molecular complexity index is 1170. The third-order valence-corrected chi connectivity index (χ3v) is 4.94. The number of ether oxygens (including phenoxy) is 1. The van der Waals surface area contributed by atoms with Crippen LogP contribution in [0.3, 0.4) is 0 Å². The van der Waals surface area contributed by atoms with E-state index in [2.05, 4.69) is 36.9 Å². The zero-order valence-corrected chi connectivity index (χ0v) is 19.5. The number of aromatic nitrogens is 1. The Morgan fingerprint density at radius 2 is 1.59 bits per heavy atom. The van der Waals surface area contributed by atoms with Crippen LogP contribution in [0.15, 0.2) is 77.4 Å². The molecule has 0 fully saturated rings. The van der Waals surface area contributed by atoms with Crippen molar-refractivity contribution in [1.29, 1.82) is 0 Å². The van der Waals surface area contributed by atoms with Crippen LogP contribution in [0.5, 0.6) is 0 Å². The molecule has 0 bridgehead atoms. The van der Waals surface area contributed by atoms with Gasteiger partial charge in [-0.2, -0.15) is 0 Å². The molecule has 9 nitrogen and oxygen atoms in total. The van der Waals surface area contributed by atoms with E-state index >= 15 is 0 Å². The van der Waals surface area contributed by atoms with Gasteiger partial charge in [0.05, 0.1) is 12.2 Å². The Hall–Kier alpha value is -4.05. The lowest BCUT2D eigenvalue weighted by Crippen LogP contribution is -2.40. The predicted molar refractivity (Wildman–Crippen MR) is 128 cm³/mol. The maximum Gasteiger partial charge on any atom is 0.407 e. The van der Waals surface area contributed by atoms with Crippen LogP contribution < -0.4 is 16.0 Å². The molecule has 1 aromatic heterocycles. The number of carbonyl (C=O) groups excluding carboxylic acids is 4. The molecule has 0 saturated heterocycles. The van der Waals surface area contributed by atoms with Gasteiger partial charge in [0, 0.05) is 16.2 Å². The van der Waals surface area contributed by atoms with Gasteiger partial charge in [-0.05, 0) is 35.9 Å². The van der Waals surface area contributed by atoms with Gasteiger partial charge in [0.25, 0.3) is 0 Å². The number of nitrogens with one attached hydrogen (secondary N) is 3. The number of hydrogen-bond acceptors (Lipinski definition) is 6. The maximum atomic E-state index is 12.8. The quantitative estimate of drug-likeness (QED) is 0.369. The number of anilines is 1. The lowest BCUT2D eigenvalue weighted by Gasteiger charge is -2.12. The summed E-state index contributed by atoms with van der Waals surface area (Å²) in [6, 6.07) is 18.9. The van der Waals surface area contributed by atoms with E-state index in [4.69, 9.17) is 4.74 Å². The third kappa shape index (κ3) is 7.52. The fourth-order valence-corrected chi connectivity index (χ4v) is 3.17. The molecule has 0 aliphatic heterocycles. The zero-order valence-electron chi connectivity index (χ0n) is 17.9. The molecule has 34 heavy (non-hydrogen) atoms. The maximum absolute atomic E-state index is 12.8. The number of hydrogen-bond donors (Lipinski definition) is 3. The van der Waals surface area contributed by atoms with Crippen LogP contribution in [0.1, 0.15) is 21.6 Å². The summed E-state index contributed by atoms with van der Waals surface area (Å²) in [5.74, 6) is -1.48. The first-order valence-corrected chi connectivity index (χ1v) is 11.0. The van der Waals surface area contributed by atoms with Crippen molar-refractivity contribution in [3.05, 3.63) is 94.2 Å². The molecule has 2 aromatic carbocycles. The molecule has 0 aliphatic rings. The molecular weight excluding hydrogens is 504 g/mol. The summed E-state index contributed by atoms with van der Waals surface area (Å²) < 4.78 is 5.67. The number of benzene rings is 2. The zero-order chi connectivity index (χ0) is 24.3. The number of nitrogens with zero attached hydrogens (tertiary/aromatic N) is 1. The normalized spacial score (nSPS) is 10.1. The van der Waals surface area contributed by atoms with Gasteiger partial charge in [0.2, 0.25) is 17.6 Å². The van der Waals surface area contributed by atoms with Crippen LogP contribution >= 0.6 is 15.9 Å². The highest BCUT2D eigenvalue weighted by Gasteiger charge is 2.17. The molecule has 0 radical (unpaired) electrons. The highest BCUT2D eigenvalue weighted by atomic mass is 79.9. The molecule has 0 saturated carbocycles. The Morgan fingerprint density at radius 3 is 2.32 bits per heavy atom. The van der Waals surface area contributed by atoms with Gasteiger partial charge in [-0.1, -0.05) is 52.3 Å². The summed E-state index contributed by atoms with van der Waals surface area (Å²) in [6.45, 7) is -0.640. The Morgan fingerprint density at radius 1 is 0.853 bits per heavy atom. The number of alkyl carbamates (subject to hydrolysis) is 1. The first-order chi connectivity index (χ1) is 16.4. The topological polar surface area (TPSA) is 126 Å². The number of ketones is 1. The lowest BCUT2D eigenvalue weighted by atomic mass is 10.1. The second-order valence-corrected chi connectivity index (χ2v) is 7.89. The summed E-state index contributed by atoms with van der Waals surface area (Å²) in [6.07, 6.45) is 0.751. The van der Waals surface area contributed by atoms with Crippen molar-refractivity contribution in [1.82, 2.24) is 15.6 Å². The summed E-state index contributed by atoms with van der Waals surface area (Å²) in [5.41, 5.74) is 1.57. The van der Waals surface area contributed by atoms with E-state index in [1.165, 1.54) is 6.20 Å². The van der Waals surface area contributed by atoms with Gasteiger partial charge >= 0.3 is 6.09 Å². The molecule has 0 spiro atoms. The Labute approximate surface area is 204 Å². The summed E-state index contributed by atoms with van der Waals surface area (Å²) >= 11 is 3.32. The van der Waals surface area contributed by atoms with Gasteiger partial charge in [-0.15, -0.1) is 0 Å². The minimum atomic E-state index is -0.754. The largest absolute Gasteiger partial charge is 0.445 e. The number of halogens is 1. The lowest BCUT2D eigenvalue weighted by molar-refractivity contribution is -0.123. The third-order valence-electron chi connectivity index (χ3n) is 4.45. The molecule has 3 N–H and O–H groups in total. The predicted octanol–water partition coefficient (Wildman–Crippen LogP) is 3.06. The number of rotatable bonds is 9. The average Bonchev–Trinajstić information content (AvgIpc) is 2.86. The van der Waals surface area contributed by atoms with Gasteiger partial charge in [0.15, 0.2) is 0 Å². The Kier molecular flexibility index (Phi) is 8.87. The van der Waals surface area contributed by atoms with Crippen molar-refractivity contribution in [2.45, 2.75) is 6.61 Å². The van der Waals surface area contributed by atoms with E-state index in [1.807, 2.05) is 18.2 Å². The summed E-state index contributed by atoms with van der Waals surface area (Å²) in [4.78, 5) is 52.9. The first-order valence-electron chi connectivity index (χ1n) is 10.2. The van der Waals surface area contributed by atoms with Crippen LogP contribution in [0.4, 0.5) is 10.5 Å². The minimum absolute atomic E-state index is 0.0729.